The van der Waals surface area contributed by atoms with Gasteiger partial charge in [0.2, 0.25) is 5.91 Å². The molecule has 0 spiro atoms. The average Bonchev–Trinajstić information content (AvgIpc) is 3.17. The number of hydrogen-bond acceptors (Lipinski definition) is 7. The van der Waals surface area contributed by atoms with Crippen LogP contribution in [0, 0.1) is 33.6 Å². The summed E-state index contributed by atoms with van der Waals surface area (Å²) in [5.41, 5.74) is 6.17. The number of benzene rings is 5. The van der Waals surface area contributed by atoms with Crippen LogP contribution in [0.25, 0.3) is 0 Å². The van der Waals surface area contributed by atoms with Crippen molar-refractivity contribution in [2.75, 3.05) is 12.4 Å². The first-order valence-electron chi connectivity index (χ1n) is 18.4. The fourth-order valence-electron chi connectivity index (χ4n) is 5.30. The second-order valence-electron chi connectivity index (χ2n) is 13.5. The molecule has 0 saturated carbocycles. The number of nitrogens with one attached hydrogen (secondary N) is 1. The Hall–Kier alpha value is -6.66. The normalized spacial score (nSPS) is 10.0. The van der Waals surface area contributed by atoms with Crippen LogP contribution >= 0.6 is 11.6 Å². The third kappa shape index (κ3) is 15.7. The molecule has 12 nitrogen and oxygen atoms in total. The van der Waals surface area contributed by atoms with E-state index in [-0.39, 0.29) is 28.7 Å². The number of carboxylic acid groups (broad SMARTS) is 4. The van der Waals surface area contributed by atoms with Crippen molar-refractivity contribution in [3.05, 3.63) is 152 Å². The summed E-state index contributed by atoms with van der Waals surface area (Å²) in [6, 6.07) is 27.2. The summed E-state index contributed by atoms with van der Waals surface area (Å²) in [5.74, 6) is -2.90. The van der Waals surface area contributed by atoms with Gasteiger partial charge in [0.1, 0.15) is 28.4 Å². The fraction of sp³-hybridized carbons (Fsp3) is 0.239. The van der Waals surface area contributed by atoms with Gasteiger partial charge >= 0.3 is 23.9 Å². The topological polar surface area (TPSA) is 197 Å². The monoisotopic (exact) mass is 827 g/mol. The third-order valence-corrected chi connectivity index (χ3v) is 8.58. The van der Waals surface area contributed by atoms with Crippen LogP contribution in [-0.2, 0) is 11.2 Å². The SMILES string of the molecule is CC(C)C(=O)Nc1ccc(Oc2ccc(Cl)cc2C(=O)O)cc1.CCCc1ccc(C)cc1C(=O)O.COc1ccc(C)cc1C(=O)O.Cc1cccc(C)c1C(=O)O. The molecular weight excluding hydrogens is 778 g/mol. The molecule has 5 rings (SSSR count). The van der Waals surface area contributed by atoms with Crippen molar-refractivity contribution in [1.29, 1.82) is 0 Å². The summed E-state index contributed by atoms with van der Waals surface area (Å²) in [6.45, 7) is 13.0. The molecule has 13 heteroatoms. The largest absolute Gasteiger partial charge is 0.496 e. The van der Waals surface area contributed by atoms with Crippen LogP contribution in [0.4, 0.5) is 5.69 Å². The van der Waals surface area contributed by atoms with Gasteiger partial charge in [0.15, 0.2) is 0 Å². The van der Waals surface area contributed by atoms with E-state index in [1.165, 1.54) is 19.2 Å². The van der Waals surface area contributed by atoms with Gasteiger partial charge in [-0.2, -0.15) is 0 Å². The zero-order valence-corrected chi connectivity index (χ0v) is 35.0. The summed E-state index contributed by atoms with van der Waals surface area (Å²) < 4.78 is 10.5. The molecule has 0 aromatic heterocycles. The van der Waals surface area contributed by atoms with Crippen molar-refractivity contribution < 1.29 is 53.9 Å². The van der Waals surface area contributed by atoms with E-state index in [4.69, 9.17) is 36.4 Å². The van der Waals surface area contributed by atoms with Gasteiger partial charge in [-0.25, -0.2) is 19.2 Å². The molecule has 0 fully saturated rings. The Bertz CT molecular complexity index is 2230. The van der Waals surface area contributed by atoms with E-state index in [1.807, 2.05) is 45.0 Å². The van der Waals surface area contributed by atoms with Crippen molar-refractivity contribution in [3.63, 3.8) is 0 Å². The van der Waals surface area contributed by atoms with Crippen LogP contribution in [0.2, 0.25) is 5.02 Å². The highest BCUT2D eigenvalue weighted by Crippen LogP contribution is 2.29. The zero-order valence-electron chi connectivity index (χ0n) is 34.3. The Kier molecular flexibility index (Phi) is 19.3. The molecule has 5 aromatic rings. The number of aryl methyl sites for hydroxylation is 5. The Morgan fingerprint density at radius 1 is 0.644 bits per heavy atom. The van der Waals surface area contributed by atoms with E-state index in [2.05, 4.69) is 5.32 Å². The average molecular weight is 828 g/mol. The molecule has 0 saturated heterocycles. The molecule has 0 unspecified atom stereocenters. The molecular formula is C46H50ClNO11. The number of rotatable bonds is 11. The van der Waals surface area contributed by atoms with Gasteiger partial charge in [-0.1, -0.05) is 86.3 Å². The number of ether oxygens (including phenoxy) is 2. The number of amides is 1. The van der Waals surface area contributed by atoms with Crippen LogP contribution in [0.1, 0.15) is 96.4 Å². The highest BCUT2D eigenvalue weighted by molar-refractivity contribution is 6.31. The van der Waals surface area contributed by atoms with Crippen LogP contribution in [0.3, 0.4) is 0 Å². The lowest BCUT2D eigenvalue weighted by Crippen LogP contribution is -2.17. The standard InChI is InChI=1S/C17H16ClNO4.C11H14O2.C9H10O3.C9H10O2/c1-10(2)16(20)19-12-4-6-13(7-5-12)23-15-8-3-11(18)9-14(15)17(21)22;1-3-4-9-6-5-8(2)7-10(9)11(12)13;1-6-3-4-8(12-2)7(5-6)9(10)11;1-6-4-3-5-7(2)8(6)9(10)11/h3-10H,1-2H3,(H,19,20)(H,21,22);5-7H,3-4H2,1-2H3,(H,12,13);3-5H,1-2H3,(H,10,11);3-5H,1-2H3,(H,10,11). The van der Waals surface area contributed by atoms with E-state index >= 15 is 0 Å². The van der Waals surface area contributed by atoms with E-state index in [0.29, 0.717) is 33.3 Å². The minimum atomic E-state index is -1.12. The first kappa shape index (κ1) is 48.5. The number of methoxy groups -OCH3 is 1. The van der Waals surface area contributed by atoms with Crippen LogP contribution in [-0.4, -0.2) is 57.3 Å². The van der Waals surface area contributed by atoms with Gasteiger partial charge in [0, 0.05) is 16.6 Å². The number of carbonyl (C=O) groups excluding carboxylic acids is 1. The number of hydrogen-bond donors (Lipinski definition) is 5. The highest BCUT2D eigenvalue weighted by Gasteiger charge is 2.14. The maximum atomic E-state index is 11.6. The predicted molar refractivity (Wildman–Crippen MR) is 228 cm³/mol. The first-order valence-corrected chi connectivity index (χ1v) is 18.8. The minimum Gasteiger partial charge on any atom is -0.496 e. The van der Waals surface area contributed by atoms with E-state index in [9.17, 15) is 29.1 Å². The van der Waals surface area contributed by atoms with Crippen molar-refractivity contribution in [1.82, 2.24) is 0 Å². The van der Waals surface area contributed by atoms with Gasteiger partial charge in [0.05, 0.1) is 18.2 Å². The second-order valence-corrected chi connectivity index (χ2v) is 13.9. The lowest BCUT2D eigenvalue weighted by molar-refractivity contribution is -0.118. The molecule has 59 heavy (non-hydrogen) atoms. The number of halogens is 1. The molecule has 312 valence electrons. The van der Waals surface area contributed by atoms with Crippen molar-refractivity contribution in [3.8, 4) is 17.2 Å². The van der Waals surface area contributed by atoms with Crippen molar-refractivity contribution >= 4 is 47.1 Å². The summed E-state index contributed by atoms with van der Waals surface area (Å²) in [6.07, 6.45) is 1.81. The molecule has 0 radical (unpaired) electrons. The van der Waals surface area contributed by atoms with E-state index in [0.717, 1.165) is 40.7 Å². The Balaban J connectivity index is 0.000000287. The van der Waals surface area contributed by atoms with Gasteiger partial charge in [0.25, 0.3) is 0 Å². The van der Waals surface area contributed by atoms with Gasteiger partial charge in [-0.3, -0.25) is 4.79 Å². The minimum absolute atomic E-state index is 0.0188. The molecule has 0 heterocycles. The Morgan fingerprint density at radius 3 is 1.63 bits per heavy atom. The van der Waals surface area contributed by atoms with E-state index in [1.54, 1.807) is 88.4 Å². The quantitative estimate of drug-likeness (QED) is 0.0849. The molecule has 5 N–H and O–H groups in total. The lowest BCUT2D eigenvalue weighted by atomic mass is 10.0. The Morgan fingerprint density at radius 2 is 1.15 bits per heavy atom. The summed E-state index contributed by atoms with van der Waals surface area (Å²) in [7, 11) is 1.46. The number of carbonyl (C=O) groups is 5. The van der Waals surface area contributed by atoms with Crippen LogP contribution in [0.5, 0.6) is 17.2 Å². The number of carboxylic acids is 4. The summed E-state index contributed by atoms with van der Waals surface area (Å²) >= 11 is 5.80. The summed E-state index contributed by atoms with van der Waals surface area (Å²) in [4.78, 5) is 55.0. The number of aromatic carboxylic acids is 4. The first-order chi connectivity index (χ1) is 27.8. The van der Waals surface area contributed by atoms with E-state index < -0.39 is 23.9 Å². The molecule has 5 aromatic carbocycles. The van der Waals surface area contributed by atoms with Crippen molar-refractivity contribution in [2.24, 2.45) is 5.92 Å². The summed E-state index contributed by atoms with van der Waals surface area (Å²) in [5, 5.41) is 38.7. The molecule has 0 atom stereocenters. The smallest absolute Gasteiger partial charge is 0.339 e. The molecule has 0 aliphatic rings. The number of anilines is 1. The predicted octanol–water partition coefficient (Wildman–Crippen LogP) is 10.8. The Labute approximate surface area is 349 Å². The van der Waals surface area contributed by atoms with Crippen LogP contribution < -0.4 is 14.8 Å². The maximum Gasteiger partial charge on any atom is 0.339 e. The highest BCUT2D eigenvalue weighted by atomic mass is 35.5. The second kappa shape index (κ2) is 23.5. The van der Waals surface area contributed by atoms with Gasteiger partial charge in [-0.05, 0) is 111 Å². The van der Waals surface area contributed by atoms with Crippen LogP contribution in [0.15, 0.2) is 97.1 Å². The van der Waals surface area contributed by atoms with Gasteiger partial charge in [-0.15, -0.1) is 0 Å². The van der Waals surface area contributed by atoms with Gasteiger partial charge < -0.3 is 35.2 Å². The molecule has 0 aliphatic heterocycles. The molecule has 1 amide bonds. The zero-order chi connectivity index (χ0) is 44.4. The third-order valence-electron chi connectivity index (χ3n) is 8.34. The fourth-order valence-corrected chi connectivity index (χ4v) is 5.47. The molecule has 0 aliphatic carbocycles. The maximum absolute atomic E-state index is 11.6. The van der Waals surface area contributed by atoms with Crippen molar-refractivity contribution in [2.45, 2.75) is 61.3 Å². The lowest BCUT2D eigenvalue weighted by Gasteiger charge is -2.11. The molecule has 0 bridgehead atoms.